The molecule has 152 valence electrons. The predicted molar refractivity (Wildman–Crippen MR) is 116 cm³/mol. The van der Waals surface area contributed by atoms with Crippen LogP contribution < -0.4 is 10.2 Å². The Morgan fingerprint density at radius 2 is 1.93 bits per heavy atom. The number of hydrogen-bond donors (Lipinski definition) is 1. The Labute approximate surface area is 176 Å². The first-order chi connectivity index (χ1) is 14.7. The van der Waals surface area contributed by atoms with Gasteiger partial charge in [0, 0.05) is 37.1 Å². The van der Waals surface area contributed by atoms with Crippen molar-refractivity contribution in [2.75, 3.05) is 18.0 Å². The first kappa shape index (κ1) is 18.9. The van der Waals surface area contributed by atoms with E-state index in [-0.39, 0.29) is 17.6 Å². The number of anilines is 1. The lowest BCUT2D eigenvalue weighted by Gasteiger charge is -2.32. The van der Waals surface area contributed by atoms with E-state index in [9.17, 15) is 9.18 Å². The van der Waals surface area contributed by atoms with Gasteiger partial charge < -0.3 is 10.2 Å². The van der Waals surface area contributed by atoms with Crippen LogP contribution in [-0.4, -0.2) is 33.9 Å². The molecule has 0 atom stereocenters. The highest BCUT2D eigenvalue weighted by molar-refractivity contribution is 7.25. The number of fused-ring (bicyclic) bond motifs is 3. The average molecular weight is 422 g/mol. The van der Waals surface area contributed by atoms with Crippen LogP contribution in [0.15, 0.2) is 48.9 Å². The highest BCUT2D eigenvalue weighted by atomic mass is 32.1. The number of amides is 1. The van der Waals surface area contributed by atoms with Crippen LogP contribution in [0, 0.1) is 11.7 Å². The van der Waals surface area contributed by atoms with Gasteiger partial charge in [-0.25, -0.2) is 19.3 Å². The van der Waals surface area contributed by atoms with E-state index < -0.39 is 0 Å². The minimum atomic E-state index is -0.273. The van der Waals surface area contributed by atoms with Gasteiger partial charge >= 0.3 is 0 Å². The van der Waals surface area contributed by atoms with Crippen LogP contribution in [0.3, 0.4) is 0 Å². The van der Waals surface area contributed by atoms with Crippen LogP contribution >= 0.6 is 11.3 Å². The summed E-state index contributed by atoms with van der Waals surface area (Å²) in [5, 5.41) is 4.03. The van der Waals surface area contributed by atoms with E-state index in [1.165, 1.54) is 12.1 Å². The Morgan fingerprint density at radius 3 is 2.73 bits per heavy atom. The maximum absolute atomic E-state index is 13.0. The molecule has 3 aromatic heterocycles. The van der Waals surface area contributed by atoms with Gasteiger partial charge in [0.1, 0.15) is 22.8 Å². The van der Waals surface area contributed by atoms with Crippen LogP contribution in [0.1, 0.15) is 18.4 Å². The second-order valence-electron chi connectivity index (χ2n) is 7.44. The molecule has 1 amide bonds. The summed E-state index contributed by atoms with van der Waals surface area (Å²) in [5.41, 5.74) is 1.83. The Hall–Kier alpha value is -3.13. The number of aromatic nitrogens is 3. The number of halogens is 1. The van der Waals surface area contributed by atoms with Crippen LogP contribution in [0.25, 0.3) is 20.4 Å². The summed E-state index contributed by atoms with van der Waals surface area (Å²) < 4.78 is 14.1. The van der Waals surface area contributed by atoms with E-state index >= 15 is 0 Å². The molecule has 1 aromatic carbocycles. The molecule has 0 unspecified atom stereocenters. The average Bonchev–Trinajstić information content (AvgIpc) is 3.17. The molecule has 0 bridgehead atoms. The molecule has 1 aliphatic rings. The molecule has 0 radical (unpaired) electrons. The topological polar surface area (TPSA) is 71.0 Å². The molecular weight excluding hydrogens is 401 g/mol. The zero-order valence-corrected chi connectivity index (χ0v) is 17.0. The zero-order chi connectivity index (χ0) is 20.5. The number of hydrogen-bond acceptors (Lipinski definition) is 6. The van der Waals surface area contributed by atoms with Gasteiger partial charge in [-0.15, -0.1) is 11.3 Å². The molecule has 6 nitrogen and oxygen atoms in total. The third kappa shape index (κ3) is 3.59. The number of pyridine rings is 1. The first-order valence-corrected chi connectivity index (χ1v) is 10.8. The number of carbonyl (C=O) groups is 1. The number of carbonyl (C=O) groups excluding carboxylic acids is 1. The molecule has 1 aliphatic heterocycles. The lowest BCUT2D eigenvalue weighted by molar-refractivity contribution is -0.125. The summed E-state index contributed by atoms with van der Waals surface area (Å²) in [6.07, 6.45) is 4.94. The van der Waals surface area contributed by atoms with Crippen molar-refractivity contribution in [1.82, 2.24) is 20.3 Å². The highest BCUT2D eigenvalue weighted by Crippen LogP contribution is 2.37. The summed E-state index contributed by atoms with van der Waals surface area (Å²) in [5.74, 6) is 0.680. The first-order valence-electron chi connectivity index (χ1n) is 9.94. The lowest BCUT2D eigenvalue weighted by atomic mass is 9.96. The molecular formula is C22H20FN5OS. The van der Waals surface area contributed by atoms with Gasteiger partial charge in [0.2, 0.25) is 5.91 Å². The number of benzene rings is 1. The Kier molecular flexibility index (Phi) is 5.00. The van der Waals surface area contributed by atoms with Gasteiger partial charge in [-0.3, -0.25) is 4.79 Å². The van der Waals surface area contributed by atoms with Gasteiger partial charge in [-0.05, 0) is 42.7 Å². The van der Waals surface area contributed by atoms with Crippen molar-refractivity contribution < 1.29 is 9.18 Å². The van der Waals surface area contributed by atoms with Gasteiger partial charge in [-0.2, -0.15) is 0 Å². The van der Waals surface area contributed by atoms with Crippen molar-refractivity contribution in [3.63, 3.8) is 0 Å². The van der Waals surface area contributed by atoms with Crippen LogP contribution in [-0.2, 0) is 11.3 Å². The fourth-order valence-corrected chi connectivity index (χ4v) is 5.03. The molecule has 4 heterocycles. The lowest BCUT2D eigenvalue weighted by Crippen LogP contribution is -2.40. The second kappa shape index (κ2) is 7.95. The Morgan fingerprint density at radius 1 is 1.13 bits per heavy atom. The molecule has 0 spiro atoms. The number of nitrogens with one attached hydrogen (secondary N) is 1. The fourth-order valence-electron chi connectivity index (χ4n) is 3.91. The molecule has 4 aromatic rings. The van der Waals surface area contributed by atoms with Crippen molar-refractivity contribution in [2.24, 2.45) is 5.92 Å². The van der Waals surface area contributed by atoms with Crippen molar-refractivity contribution in [3.05, 3.63) is 60.3 Å². The van der Waals surface area contributed by atoms with Gasteiger partial charge in [-0.1, -0.05) is 12.1 Å². The van der Waals surface area contributed by atoms with Crippen LogP contribution in [0.2, 0.25) is 0 Å². The number of thiophene rings is 1. The molecule has 1 saturated heterocycles. The maximum Gasteiger partial charge on any atom is 0.223 e. The second-order valence-corrected chi connectivity index (χ2v) is 8.44. The zero-order valence-electron chi connectivity index (χ0n) is 16.2. The molecule has 5 rings (SSSR count). The van der Waals surface area contributed by atoms with E-state index in [1.807, 2.05) is 12.1 Å². The van der Waals surface area contributed by atoms with Crippen molar-refractivity contribution >= 4 is 43.5 Å². The van der Waals surface area contributed by atoms with Gasteiger partial charge in [0.25, 0.3) is 0 Å². The van der Waals surface area contributed by atoms with Gasteiger partial charge in [0.15, 0.2) is 0 Å². The normalized spacial score (nSPS) is 15.0. The number of piperidine rings is 1. The highest BCUT2D eigenvalue weighted by Gasteiger charge is 2.27. The summed E-state index contributed by atoms with van der Waals surface area (Å²) in [6.45, 7) is 1.95. The summed E-state index contributed by atoms with van der Waals surface area (Å²) in [4.78, 5) is 29.2. The third-order valence-corrected chi connectivity index (χ3v) is 6.65. The number of nitrogens with zero attached hydrogens (tertiary/aromatic N) is 4. The van der Waals surface area contributed by atoms with Crippen molar-refractivity contribution in [2.45, 2.75) is 19.4 Å². The fraction of sp³-hybridized carbons (Fsp3) is 0.273. The summed E-state index contributed by atoms with van der Waals surface area (Å²) in [6, 6.07) is 10.2. The SMILES string of the molecule is O=C(NCc1ccc(F)cc1)C1CCN(c2ncnc3c2sc2ncccc23)CC1. The quantitative estimate of drug-likeness (QED) is 0.541. The van der Waals surface area contributed by atoms with Crippen LogP contribution in [0.5, 0.6) is 0 Å². The largest absolute Gasteiger partial charge is 0.355 e. The van der Waals surface area contributed by atoms with Crippen molar-refractivity contribution in [1.29, 1.82) is 0 Å². The molecule has 1 N–H and O–H groups in total. The molecule has 1 fully saturated rings. The molecule has 0 aliphatic carbocycles. The standard InChI is InChI=1S/C22H20FN5OS/c23-16-5-3-14(4-6-16)12-25-21(29)15-7-10-28(11-8-15)20-19-18(26-13-27-20)17-2-1-9-24-22(17)30-19/h1-6,9,13,15H,7-8,10-12H2,(H,25,29). The molecule has 0 saturated carbocycles. The van der Waals surface area contributed by atoms with Crippen LogP contribution in [0.4, 0.5) is 10.2 Å². The third-order valence-electron chi connectivity index (χ3n) is 5.56. The smallest absolute Gasteiger partial charge is 0.223 e. The summed E-state index contributed by atoms with van der Waals surface area (Å²) in [7, 11) is 0. The Bertz CT molecular complexity index is 1200. The van der Waals surface area contributed by atoms with E-state index in [0.29, 0.717) is 6.54 Å². The maximum atomic E-state index is 13.0. The van der Waals surface area contributed by atoms with E-state index in [2.05, 4.69) is 25.2 Å². The van der Waals surface area contributed by atoms with E-state index in [1.54, 1.807) is 36.0 Å². The molecule has 8 heteroatoms. The number of rotatable bonds is 4. The monoisotopic (exact) mass is 421 g/mol. The summed E-state index contributed by atoms with van der Waals surface area (Å²) >= 11 is 1.61. The van der Waals surface area contributed by atoms with Crippen molar-refractivity contribution in [3.8, 4) is 0 Å². The minimum Gasteiger partial charge on any atom is -0.355 e. The predicted octanol–water partition coefficient (Wildman–Crippen LogP) is 3.91. The molecule has 30 heavy (non-hydrogen) atoms. The Balaban J connectivity index is 1.26. The van der Waals surface area contributed by atoms with E-state index in [4.69, 9.17) is 0 Å². The van der Waals surface area contributed by atoms with E-state index in [0.717, 1.165) is 57.7 Å². The minimum absolute atomic E-state index is 0.0249. The van der Waals surface area contributed by atoms with Gasteiger partial charge in [0.05, 0.1) is 10.2 Å².